The predicted octanol–water partition coefficient (Wildman–Crippen LogP) is 2.00. The van der Waals surface area contributed by atoms with E-state index >= 15 is 0 Å². The number of anilines is 1. The van der Waals surface area contributed by atoms with Crippen LogP contribution in [0.15, 0.2) is 18.5 Å². The number of piperidine rings is 1. The van der Waals surface area contributed by atoms with Gasteiger partial charge in [0, 0.05) is 38.2 Å². The summed E-state index contributed by atoms with van der Waals surface area (Å²) in [7, 11) is 1.82. The van der Waals surface area contributed by atoms with Crippen LogP contribution in [0.1, 0.15) is 30.1 Å². The van der Waals surface area contributed by atoms with E-state index < -0.39 is 0 Å². The summed E-state index contributed by atoms with van der Waals surface area (Å²) in [5.41, 5.74) is 1.52. The van der Waals surface area contributed by atoms with Crippen LogP contribution in [-0.2, 0) is 0 Å². The van der Waals surface area contributed by atoms with Gasteiger partial charge in [-0.25, -0.2) is 0 Å². The molecule has 4 nitrogen and oxygen atoms in total. The van der Waals surface area contributed by atoms with Gasteiger partial charge in [-0.1, -0.05) is 6.92 Å². The third-order valence-corrected chi connectivity index (χ3v) is 3.27. The summed E-state index contributed by atoms with van der Waals surface area (Å²) >= 11 is 0. The van der Waals surface area contributed by atoms with Gasteiger partial charge < -0.3 is 10.2 Å². The van der Waals surface area contributed by atoms with Gasteiger partial charge in [0.2, 0.25) is 0 Å². The molecule has 0 aliphatic carbocycles. The molecule has 17 heavy (non-hydrogen) atoms. The Hall–Kier alpha value is -1.58. The van der Waals surface area contributed by atoms with Crippen LogP contribution in [0.4, 0.5) is 5.69 Å². The van der Waals surface area contributed by atoms with Gasteiger partial charge in [0.25, 0.3) is 5.91 Å². The van der Waals surface area contributed by atoms with Crippen molar-refractivity contribution in [3.8, 4) is 0 Å². The Balaban J connectivity index is 2.18. The van der Waals surface area contributed by atoms with E-state index in [0.29, 0.717) is 11.5 Å². The van der Waals surface area contributed by atoms with Crippen molar-refractivity contribution in [2.45, 2.75) is 19.8 Å². The number of pyridine rings is 1. The highest BCUT2D eigenvalue weighted by molar-refractivity contribution is 5.99. The van der Waals surface area contributed by atoms with Gasteiger partial charge in [-0.3, -0.25) is 9.78 Å². The van der Waals surface area contributed by atoms with Crippen LogP contribution in [0.25, 0.3) is 0 Å². The topological polar surface area (TPSA) is 45.2 Å². The molecule has 2 rings (SSSR count). The molecule has 0 bridgehead atoms. The Bertz CT molecular complexity index is 405. The van der Waals surface area contributed by atoms with Crippen LogP contribution in [0.5, 0.6) is 0 Å². The molecular weight excluding hydrogens is 214 g/mol. The molecule has 1 saturated heterocycles. The van der Waals surface area contributed by atoms with E-state index in [4.69, 9.17) is 0 Å². The Morgan fingerprint density at radius 3 is 3.12 bits per heavy atom. The van der Waals surface area contributed by atoms with E-state index in [2.05, 4.69) is 17.2 Å². The minimum Gasteiger partial charge on any atom is -0.387 e. The number of rotatable bonds is 2. The Morgan fingerprint density at radius 2 is 2.41 bits per heavy atom. The first kappa shape index (κ1) is 11.9. The fraction of sp³-hybridized carbons (Fsp3) is 0.538. The zero-order valence-corrected chi connectivity index (χ0v) is 10.4. The van der Waals surface area contributed by atoms with E-state index in [1.54, 1.807) is 12.4 Å². The maximum atomic E-state index is 12.4. The summed E-state index contributed by atoms with van der Waals surface area (Å²) in [4.78, 5) is 18.3. The van der Waals surface area contributed by atoms with Crippen LogP contribution in [0.3, 0.4) is 0 Å². The summed E-state index contributed by atoms with van der Waals surface area (Å²) in [6.45, 7) is 3.92. The molecule has 0 aromatic carbocycles. The molecule has 1 aromatic heterocycles. The highest BCUT2D eigenvalue weighted by Crippen LogP contribution is 2.20. The quantitative estimate of drug-likeness (QED) is 0.849. The normalized spacial score (nSPS) is 20.1. The molecule has 1 fully saturated rings. The maximum absolute atomic E-state index is 12.4. The molecule has 1 aliphatic rings. The zero-order valence-electron chi connectivity index (χ0n) is 10.4. The summed E-state index contributed by atoms with van der Waals surface area (Å²) in [5.74, 6) is 0.691. The number of carbonyl (C=O) groups is 1. The smallest absolute Gasteiger partial charge is 0.257 e. The fourth-order valence-electron chi connectivity index (χ4n) is 2.33. The van der Waals surface area contributed by atoms with Gasteiger partial charge in [0.1, 0.15) is 0 Å². The molecule has 1 aromatic rings. The third kappa shape index (κ3) is 2.57. The highest BCUT2D eigenvalue weighted by atomic mass is 16.2. The predicted molar refractivity (Wildman–Crippen MR) is 68.1 cm³/mol. The number of likely N-dealkylation sites (tertiary alicyclic amines) is 1. The largest absolute Gasteiger partial charge is 0.387 e. The number of hydrogen-bond acceptors (Lipinski definition) is 3. The molecule has 0 saturated carbocycles. The number of hydrogen-bond donors (Lipinski definition) is 1. The van der Waals surface area contributed by atoms with Crippen LogP contribution >= 0.6 is 0 Å². The van der Waals surface area contributed by atoms with E-state index in [1.165, 1.54) is 6.42 Å². The van der Waals surface area contributed by atoms with Gasteiger partial charge in [-0.2, -0.15) is 0 Å². The average molecular weight is 233 g/mol. The number of carbonyl (C=O) groups excluding carboxylic acids is 1. The van der Waals surface area contributed by atoms with Crippen molar-refractivity contribution >= 4 is 11.6 Å². The van der Waals surface area contributed by atoms with E-state index in [1.807, 2.05) is 18.0 Å². The minimum absolute atomic E-state index is 0.0917. The van der Waals surface area contributed by atoms with Crippen molar-refractivity contribution in [1.82, 2.24) is 9.88 Å². The number of aromatic nitrogens is 1. The van der Waals surface area contributed by atoms with Gasteiger partial charge in [-0.05, 0) is 24.8 Å². The van der Waals surface area contributed by atoms with Gasteiger partial charge in [-0.15, -0.1) is 0 Å². The molecule has 2 heterocycles. The van der Waals surface area contributed by atoms with Crippen molar-refractivity contribution in [2.75, 3.05) is 25.5 Å². The average Bonchev–Trinajstić information content (AvgIpc) is 2.38. The summed E-state index contributed by atoms with van der Waals surface area (Å²) in [5, 5.41) is 3.04. The molecule has 1 amide bonds. The summed E-state index contributed by atoms with van der Waals surface area (Å²) in [6, 6.07) is 1.83. The molecule has 92 valence electrons. The van der Waals surface area contributed by atoms with Crippen LogP contribution in [0.2, 0.25) is 0 Å². The summed E-state index contributed by atoms with van der Waals surface area (Å²) in [6.07, 6.45) is 5.66. The first-order valence-corrected chi connectivity index (χ1v) is 6.13. The monoisotopic (exact) mass is 233 g/mol. The highest BCUT2D eigenvalue weighted by Gasteiger charge is 2.23. The minimum atomic E-state index is 0.0917. The first-order valence-electron chi connectivity index (χ1n) is 6.13. The zero-order chi connectivity index (χ0) is 12.3. The van der Waals surface area contributed by atoms with Crippen molar-refractivity contribution in [2.24, 2.45) is 5.92 Å². The van der Waals surface area contributed by atoms with Gasteiger partial charge in [0.15, 0.2) is 0 Å². The Labute approximate surface area is 102 Å². The van der Waals surface area contributed by atoms with Crippen LogP contribution in [-0.4, -0.2) is 35.9 Å². The summed E-state index contributed by atoms with van der Waals surface area (Å²) < 4.78 is 0. The molecular formula is C13H19N3O. The second kappa shape index (κ2) is 5.17. The fourth-order valence-corrected chi connectivity index (χ4v) is 2.33. The Morgan fingerprint density at radius 1 is 1.59 bits per heavy atom. The van der Waals surface area contributed by atoms with Crippen LogP contribution in [0, 0.1) is 5.92 Å². The number of nitrogens with zero attached hydrogens (tertiary/aromatic N) is 2. The molecule has 4 heteroatoms. The van der Waals surface area contributed by atoms with E-state index in [-0.39, 0.29) is 5.91 Å². The van der Waals surface area contributed by atoms with Crippen molar-refractivity contribution < 1.29 is 4.79 Å². The molecule has 1 unspecified atom stereocenters. The van der Waals surface area contributed by atoms with Gasteiger partial charge >= 0.3 is 0 Å². The van der Waals surface area contributed by atoms with Crippen molar-refractivity contribution in [1.29, 1.82) is 0 Å². The number of nitrogens with one attached hydrogen (secondary N) is 1. The van der Waals surface area contributed by atoms with E-state index in [9.17, 15) is 4.79 Å². The van der Waals surface area contributed by atoms with Gasteiger partial charge in [0.05, 0.1) is 5.56 Å². The lowest BCUT2D eigenvalue weighted by Crippen LogP contribution is -2.39. The molecule has 1 atom stereocenters. The third-order valence-electron chi connectivity index (χ3n) is 3.27. The van der Waals surface area contributed by atoms with Crippen molar-refractivity contribution in [3.05, 3.63) is 24.0 Å². The lowest BCUT2D eigenvalue weighted by molar-refractivity contribution is 0.0683. The molecule has 0 spiro atoms. The lowest BCUT2D eigenvalue weighted by Gasteiger charge is -2.31. The standard InChI is InChI=1S/C13H19N3O/c1-10-4-3-7-16(9-10)13(17)11-8-15-6-5-12(11)14-2/h5-6,8,10H,3-4,7,9H2,1-2H3,(H,14,15). The number of amides is 1. The maximum Gasteiger partial charge on any atom is 0.257 e. The molecule has 0 radical (unpaired) electrons. The van der Waals surface area contributed by atoms with E-state index in [0.717, 1.165) is 25.2 Å². The van der Waals surface area contributed by atoms with Crippen molar-refractivity contribution in [3.63, 3.8) is 0 Å². The molecule has 1 aliphatic heterocycles. The second-order valence-corrected chi connectivity index (χ2v) is 4.67. The Kier molecular flexibility index (Phi) is 3.61. The lowest BCUT2D eigenvalue weighted by atomic mass is 9.99. The molecule has 1 N–H and O–H groups in total. The second-order valence-electron chi connectivity index (χ2n) is 4.67. The van der Waals surface area contributed by atoms with Crippen LogP contribution < -0.4 is 5.32 Å². The first-order chi connectivity index (χ1) is 8.22. The SMILES string of the molecule is CNc1ccncc1C(=O)N1CCCC(C)C1.